The van der Waals surface area contributed by atoms with Crippen molar-refractivity contribution in [1.82, 2.24) is 19.5 Å². The van der Waals surface area contributed by atoms with Crippen molar-refractivity contribution in [3.05, 3.63) is 89.9 Å². The van der Waals surface area contributed by atoms with E-state index in [2.05, 4.69) is 15.0 Å². The van der Waals surface area contributed by atoms with Gasteiger partial charge in [0.25, 0.3) is 0 Å². The first-order chi connectivity index (χ1) is 15.6. The molecule has 0 aliphatic heterocycles. The molecule has 0 amide bonds. The molecule has 0 bridgehead atoms. The molecule has 0 saturated heterocycles. The number of nitrogens with zero attached hydrogens (tertiary/aromatic N) is 4. The monoisotopic (exact) mass is 444 g/mol. The summed E-state index contributed by atoms with van der Waals surface area (Å²) >= 11 is 6.83. The Labute approximate surface area is 188 Å². The number of hydrogen-bond acceptors (Lipinski definition) is 4. The minimum atomic E-state index is -0.595. The highest BCUT2D eigenvalue weighted by molar-refractivity contribution is 6.38. The largest absolute Gasteiger partial charge is 0.388 e. The predicted octanol–water partition coefficient (Wildman–Crippen LogP) is 5.65. The Morgan fingerprint density at radius 1 is 0.969 bits per heavy atom. The molecule has 0 unspecified atom stereocenters. The Hall–Kier alpha value is -3.61. The van der Waals surface area contributed by atoms with E-state index in [4.69, 9.17) is 11.6 Å². The van der Waals surface area contributed by atoms with Gasteiger partial charge in [-0.3, -0.25) is 4.98 Å². The Morgan fingerprint density at radius 3 is 2.53 bits per heavy atom. The summed E-state index contributed by atoms with van der Waals surface area (Å²) < 4.78 is 15.6. The van der Waals surface area contributed by atoms with Gasteiger partial charge in [-0.05, 0) is 23.8 Å². The number of halogens is 2. The van der Waals surface area contributed by atoms with Crippen molar-refractivity contribution < 1.29 is 9.50 Å². The first-order valence-corrected chi connectivity index (χ1v) is 10.4. The molecule has 2 aromatic carbocycles. The molecule has 158 valence electrons. The third-order valence-corrected chi connectivity index (χ3v) is 5.90. The SMILES string of the molecule is Cn1c(CO)nc(-c2ccnc(F)c2)c1-c1ccc2ncc(-c3ccccc3)c(Cl)c2c1. The first kappa shape index (κ1) is 20.3. The normalized spacial score (nSPS) is 11.2. The van der Waals surface area contributed by atoms with Crippen LogP contribution >= 0.6 is 11.6 Å². The quantitative estimate of drug-likeness (QED) is 0.364. The molecule has 5 nitrogen and oxygen atoms in total. The van der Waals surface area contributed by atoms with Gasteiger partial charge >= 0.3 is 0 Å². The Morgan fingerprint density at radius 2 is 1.78 bits per heavy atom. The zero-order valence-corrected chi connectivity index (χ0v) is 17.9. The maximum absolute atomic E-state index is 13.8. The minimum Gasteiger partial charge on any atom is -0.388 e. The van der Waals surface area contributed by atoms with Crippen LogP contribution in [-0.2, 0) is 13.7 Å². The molecule has 0 aliphatic rings. The van der Waals surface area contributed by atoms with Crippen molar-refractivity contribution in [2.45, 2.75) is 6.61 Å². The van der Waals surface area contributed by atoms with Gasteiger partial charge in [-0.25, -0.2) is 9.97 Å². The molecule has 0 aliphatic carbocycles. The van der Waals surface area contributed by atoms with E-state index in [9.17, 15) is 9.50 Å². The molecular formula is C25H18ClFN4O. The van der Waals surface area contributed by atoms with E-state index in [0.717, 1.165) is 33.3 Å². The van der Waals surface area contributed by atoms with Crippen LogP contribution in [0.2, 0.25) is 5.02 Å². The van der Waals surface area contributed by atoms with Crippen molar-refractivity contribution in [2.75, 3.05) is 0 Å². The van der Waals surface area contributed by atoms with Gasteiger partial charge in [-0.2, -0.15) is 4.39 Å². The van der Waals surface area contributed by atoms with Gasteiger partial charge in [0, 0.05) is 47.6 Å². The number of aliphatic hydroxyl groups excluding tert-OH is 1. The summed E-state index contributed by atoms with van der Waals surface area (Å²) in [5, 5.41) is 11.2. The van der Waals surface area contributed by atoms with E-state index in [1.54, 1.807) is 16.8 Å². The van der Waals surface area contributed by atoms with Crippen molar-refractivity contribution in [2.24, 2.45) is 7.05 Å². The van der Waals surface area contributed by atoms with E-state index >= 15 is 0 Å². The molecule has 32 heavy (non-hydrogen) atoms. The number of imidazole rings is 1. The van der Waals surface area contributed by atoms with Gasteiger partial charge in [0.1, 0.15) is 12.4 Å². The minimum absolute atomic E-state index is 0.245. The first-order valence-electron chi connectivity index (χ1n) is 9.99. The Balaban J connectivity index is 1.73. The fraction of sp³-hybridized carbons (Fsp3) is 0.0800. The summed E-state index contributed by atoms with van der Waals surface area (Å²) in [5.41, 5.74) is 5.28. The number of aromatic nitrogens is 4. The second-order valence-corrected chi connectivity index (χ2v) is 7.77. The number of aliphatic hydroxyl groups is 1. The van der Waals surface area contributed by atoms with Gasteiger partial charge in [0.05, 0.1) is 21.9 Å². The number of hydrogen-bond donors (Lipinski definition) is 1. The summed E-state index contributed by atoms with van der Waals surface area (Å²) in [5.74, 6) is -0.127. The molecule has 0 atom stereocenters. The molecule has 5 rings (SSSR count). The van der Waals surface area contributed by atoms with Crippen LogP contribution in [0.5, 0.6) is 0 Å². The van der Waals surface area contributed by atoms with Gasteiger partial charge in [0.2, 0.25) is 5.95 Å². The fourth-order valence-corrected chi connectivity index (χ4v) is 4.20. The number of rotatable bonds is 4. The molecule has 0 saturated carbocycles. The van der Waals surface area contributed by atoms with Gasteiger partial charge in [-0.15, -0.1) is 0 Å². The summed E-state index contributed by atoms with van der Waals surface area (Å²) in [6.45, 7) is -0.245. The topological polar surface area (TPSA) is 63.8 Å². The van der Waals surface area contributed by atoms with E-state index in [1.807, 2.05) is 55.6 Å². The van der Waals surface area contributed by atoms with Crippen LogP contribution in [-0.4, -0.2) is 24.6 Å². The standard InChI is InChI=1S/C25H18ClFN4O/c1-31-22(14-32)30-24(16-9-10-28-21(27)12-16)25(31)17-7-8-20-18(11-17)23(26)19(13-29-20)15-5-3-2-4-6-15/h2-13,32H,14H2,1H3. The molecule has 5 aromatic rings. The maximum Gasteiger partial charge on any atom is 0.213 e. The smallest absolute Gasteiger partial charge is 0.213 e. The molecule has 3 aromatic heterocycles. The number of pyridine rings is 2. The highest BCUT2D eigenvalue weighted by Crippen LogP contribution is 2.38. The third-order valence-electron chi connectivity index (χ3n) is 5.49. The van der Waals surface area contributed by atoms with E-state index < -0.39 is 5.95 Å². The van der Waals surface area contributed by atoms with Crippen molar-refractivity contribution in [3.8, 4) is 33.6 Å². The lowest BCUT2D eigenvalue weighted by Gasteiger charge is -2.11. The van der Waals surface area contributed by atoms with Crippen LogP contribution in [0.1, 0.15) is 5.82 Å². The lowest BCUT2D eigenvalue weighted by Crippen LogP contribution is -1.99. The molecule has 1 N–H and O–H groups in total. The Kier molecular flexibility index (Phi) is 5.17. The maximum atomic E-state index is 13.8. The van der Waals surface area contributed by atoms with E-state index in [1.165, 1.54) is 12.3 Å². The van der Waals surface area contributed by atoms with Gasteiger partial charge < -0.3 is 9.67 Å². The molecule has 7 heteroatoms. The second kappa shape index (κ2) is 8.15. The lowest BCUT2D eigenvalue weighted by molar-refractivity contribution is 0.267. The lowest BCUT2D eigenvalue weighted by atomic mass is 10.0. The van der Waals surface area contributed by atoms with Crippen molar-refractivity contribution >= 4 is 22.5 Å². The summed E-state index contributed by atoms with van der Waals surface area (Å²) in [6, 6.07) is 18.6. The summed E-state index contributed by atoms with van der Waals surface area (Å²) in [4.78, 5) is 12.8. The average molecular weight is 445 g/mol. The van der Waals surface area contributed by atoms with Crippen LogP contribution in [0.25, 0.3) is 44.5 Å². The second-order valence-electron chi connectivity index (χ2n) is 7.39. The van der Waals surface area contributed by atoms with E-state index in [0.29, 0.717) is 22.1 Å². The van der Waals surface area contributed by atoms with Crippen LogP contribution in [0.3, 0.4) is 0 Å². The molecular weight excluding hydrogens is 427 g/mol. The number of benzene rings is 2. The van der Waals surface area contributed by atoms with Gasteiger partial charge in [0.15, 0.2) is 0 Å². The molecule has 0 fully saturated rings. The predicted molar refractivity (Wildman–Crippen MR) is 124 cm³/mol. The van der Waals surface area contributed by atoms with Gasteiger partial charge in [-0.1, -0.05) is 48.0 Å². The van der Waals surface area contributed by atoms with Crippen molar-refractivity contribution in [1.29, 1.82) is 0 Å². The van der Waals surface area contributed by atoms with Crippen LogP contribution in [0.4, 0.5) is 4.39 Å². The van der Waals surface area contributed by atoms with E-state index in [-0.39, 0.29) is 6.61 Å². The molecule has 0 spiro atoms. The average Bonchev–Trinajstić information content (AvgIpc) is 3.16. The highest BCUT2D eigenvalue weighted by Gasteiger charge is 2.19. The fourth-order valence-electron chi connectivity index (χ4n) is 3.89. The van der Waals surface area contributed by atoms with Crippen molar-refractivity contribution in [3.63, 3.8) is 0 Å². The summed E-state index contributed by atoms with van der Waals surface area (Å²) in [6.07, 6.45) is 3.17. The Bertz CT molecular complexity index is 1450. The highest BCUT2D eigenvalue weighted by atomic mass is 35.5. The summed E-state index contributed by atoms with van der Waals surface area (Å²) in [7, 11) is 1.82. The molecule has 0 radical (unpaired) electrons. The third kappa shape index (κ3) is 3.43. The van der Waals surface area contributed by atoms with Crippen LogP contribution < -0.4 is 0 Å². The van der Waals surface area contributed by atoms with Crippen LogP contribution in [0, 0.1) is 5.95 Å². The number of fused-ring (bicyclic) bond motifs is 1. The zero-order chi connectivity index (χ0) is 22.2. The molecule has 3 heterocycles. The zero-order valence-electron chi connectivity index (χ0n) is 17.1. The van der Waals surface area contributed by atoms with Crippen LogP contribution in [0.15, 0.2) is 73.1 Å².